The molecule has 0 atom stereocenters. The second-order valence-corrected chi connectivity index (χ2v) is 8.81. The second kappa shape index (κ2) is 10.4. The van der Waals surface area contributed by atoms with Crippen molar-refractivity contribution >= 4 is 45.5 Å². The molecule has 0 bridgehead atoms. The molecule has 4 rings (SSSR count). The van der Waals surface area contributed by atoms with Crippen molar-refractivity contribution in [2.75, 3.05) is 16.4 Å². The van der Waals surface area contributed by atoms with Crippen LogP contribution in [0.2, 0.25) is 0 Å². The highest BCUT2D eigenvalue weighted by atomic mass is 19.4. The van der Waals surface area contributed by atoms with Crippen molar-refractivity contribution in [3.63, 3.8) is 0 Å². The summed E-state index contributed by atoms with van der Waals surface area (Å²) in [5.74, 6) is 0.0508. The quantitative estimate of drug-likeness (QED) is 0.129. The zero-order valence-corrected chi connectivity index (χ0v) is 20.9. The lowest BCUT2D eigenvalue weighted by atomic mass is 10.0. The van der Waals surface area contributed by atoms with Gasteiger partial charge in [0.1, 0.15) is 11.5 Å². The highest BCUT2D eigenvalue weighted by molar-refractivity contribution is 6.25. The fourth-order valence-corrected chi connectivity index (χ4v) is 3.96. The normalized spacial score (nSPS) is 12.1. The van der Waals surface area contributed by atoms with Crippen molar-refractivity contribution < 1.29 is 18.0 Å². The number of rotatable bonds is 7. The van der Waals surface area contributed by atoms with E-state index in [2.05, 4.69) is 34.6 Å². The minimum Gasteiger partial charge on any atom is -0.398 e. The summed E-state index contributed by atoms with van der Waals surface area (Å²) in [6.45, 7) is 5.37. The minimum atomic E-state index is -4.95. The van der Waals surface area contributed by atoms with Crippen molar-refractivity contribution in [3.8, 4) is 5.82 Å². The molecule has 196 valence electrons. The Morgan fingerprint density at radius 2 is 1.84 bits per heavy atom. The molecule has 0 saturated carbocycles. The molecule has 11 heteroatoms. The maximum Gasteiger partial charge on any atom is 0.433 e. The minimum absolute atomic E-state index is 0.0102. The number of nitrogens with two attached hydrogens (primary N) is 1. The zero-order valence-electron chi connectivity index (χ0n) is 20.9. The third-order valence-electron chi connectivity index (χ3n) is 5.84. The molecule has 0 saturated heterocycles. The van der Waals surface area contributed by atoms with Crippen LogP contribution in [0, 0.1) is 5.41 Å². The average Bonchev–Trinajstić information content (AvgIpc) is 3.23. The number of carbonyl (C=O) groups is 1. The summed E-state index contributed by atoms with van der Waals surface area (Å²) < 4.78 is 40.5. The predicted octanol–water partition coefficient (Wildman–Crippen LogP) is 6.34. The molecule has 8 nitrogen and oxygen atoms in total. The molecule has 4 aromatic rings. The fourth-order valence-electron chi connectivity index (χ4n) is 3.96. The number of alkyl halides is 3. The molecule has 0 unspecified atom stereocenters. The molecule has 0 aliphatic rings. The van der Waals surface area contributed by atoms with E-state index in [0.717, 1.165) is 28.2 Å². The van der Waals surface area contributed by atoms with Gasteiger partial charge in [0, 0.05) is 16.8 Å². The number of benzene rings is 2. The number of anilines is 4. The number of para-hydroxylation sites is 1. The molecule has 0 radical (unpaired) electrons. The number of amides is 1. The van der Waals surface area contributed by atoms with Gasteiger partial charge in [0.25, 0.3) is 5.91 Å². The van der Waals surface area contributed by atoms with E-state index in [1.54, 1.807) is 16.8 Å². The van der Waals surface area contributed by atoms with E-state index < -0.39 is 23.4 Å². The summed E-state index contributed by atoms with van der Waals surface area (Å²) in [4.78, 5) is 16.9. The summed E-state index contributed by atoms with van der Waals surface area (Å²) in [6, 6.07) is 17.8. The number of aromatic nitrogens is 3. The highest BCUT2D eigenvalue weighted by Gasteiger charge is 2.38. The van der Waals surface area contributed by atoms with Crippen LogP contribution in [-0.4, -0.2) is 32.6 Å². The molecular weight excluding hydrogens is 495 g/mol. The number of fused-ring (bicyclic) bond motifs is 1. The molecule has 2 aromatic heterocycles. The Hall–Kier alpha value is -4.67. The van der Waals surface area contributed by atoms with Gasteiger partial charge < -0.3 is 16.4 Å². The van der Waals surface area contributed by atoms with Gasteiger partial charge in [0.15, 0.2) is 11.6 Å². The fraction of sp³-hybridized carbons (Fsp3) is 0.185. The van der Waals surface area contributed by atoms with Gasteiger partial charge in [0.05, 0.1) is 11.1 Å². The van der Waals surface area contributed by atoms with Crippen molar-refractivity contribution in [1.29, 1.82) is 5.41 Å². The molecule has 0 aliphatic carbocycles. The van der Waals surface area contributed by atoms with Gasteiger partial charge in [-0.1, -0.05) is 38.1 Å². The maximum absolute atomic E-state index is 13.0. The van der Waals surface area contributed by atoms with E-state index in [1.165, 1.54) is 13.0 Å². The monoisotopic (exact) mass is 521 g/mol. The van der Waals surface area contributed by atoms with Gasteiger partial charge in [-0.25, -0.2) is 9.67 Å². The Morgan fingerprint density at radius 1 is 1.11 bits per heavy atom. The first-order chi connectivity index (χ1) is 18.0. The predicted molar refractivity (Wildman–Crippen MR) is 143 cm³/mol. The molecule has 0 spiro atoms. The van der Waals surface area contributed by atoms with Crippen LogP contribution in [0.5, 0.6) is 0 Å². The first kappa shape index (κ1) is 26.4. The van der Waals surface area contributed by atoms with Crippen LogP contribution in [0.15, 0.2) is 72.3 Å². The molecule has 0 fully saturated rings. The smallest absolute Gasteiger partial charge is 0.398 e. The molecule has 1 amide bonds. The number of nitrogen functional groups attached to an aromatic ring is 1. The van der Waals surface area contributed by atoms with Crippen LogP contribution < -0.4 is 16.4 Å². The maximum atomic E-state index is 13.0. The van der Waals surface area contributed by atoms with Crippen LogP contribution in [0.25, 0.3) is 16.7 Å². The molecule has 2 aromatic carbocycles. The first-order valence-electron chi connectivity index (χ1n) is 11.7. The van der Waals surface area contributed by atoms with Crippen LogP contribution >= 0.6 is 0 Å². The third kappa shape index (κ3) is 5.36. The van der Waals surface area contributed by atoms with Crippen LogP contribution in [0.3, 0.4) is 0 Å². The summed E-state index contributed by atoms with van der Waals surface area (Å²) in [7, 11) is 0. The van der Waals surface area contributed by atoms with Crippen LogP contribution in [0.1, 0.15) is 32.3 Å². The standard InChI is InChI=1S/C27H26F3N7O/c1-4-17(24(32)27(28,29)30)26(38)35-22-10-7-11-23(34-22)37-21-9-6-5-8-18(21)25(36-37)33-16-12-13-20(31)19(14-16)15(2)3/h4-15,32H,31H2,1-3H3,(H,33,36)(H,34,35,38)/b17-4+,32-24?. The Morgan fingerprint density at radius 3 is 2.53 bits per heavy atom. The molecular formula is C27H26F3N7O. The average molecular weight is 522 g/mol. The van der Waals surface area contributed by atoms with E-state index in [4.69, 9.17) is 11.1 Å². The Balaban J connectivity index is 1.67. The topological polar surface area (TPSA) is 122 Å². The number of pyridine rings is 1. The van der Waals surface area contributed by atoms with Crippen molar-refractivity contribution in [3.05, 3.63) is 77.9 Å². The molecule has 2 heterocycles. The number of allylic oxidation sites excluding steroid dienone is 1. The van der Waals surface area contributed by atoms with E-state index in [-0.39, 0.29) is 11.7 Å². The number of carbonyl (C=O) groups excluding carboxylic acids is 1. The van der Waals surface area contributed by atoms with Crippen LogP contribution in [0.4, 0.5) is 36.2 Å². The number of halogens is 3. The van der Waals surface area contributed by atoms with Gasteiger partial charge in [0.2, 0.25) is 0 Å². The molecule has 0 aliphatic heterocycles. The summed E-state index contributed by atoms with van der Waals surface area (Å²) >= 11 is 0. The van der Waals surface area contributed by atoms with Gasteiger partial charge in [-0.3, -0.25) is 10.2 Å². The number of nitrogens with one attached hydrogen (secondary N) is 3. The second-order valence-electron chi connectivity index (χ2n) is 8.81. The van der Waals surface area contributed by atoms with E-state index in [9.17, 15) is 18.0 Å². The van der Waals surface area contributed by atoms with Gasteiger partial charge in [-0.15, -0.1) is 5.10 Å². The largest absolute Gasteiger partial charge is 0.433 e. The first-order valence-corrected chi connectivity index (χ1v) is 11.7. The lowest BCUT2D eigenvalue weighted by molar-refractivity contribution is -0.113. The molecule has 5 N–H and O–H groups in total. The van der Waals surface area contributed by atoms with E-state index in [0.29, 0.717) is 17.3 Å². The van der Waals surface area contributed by atoms with Crippen molar-refractivity contribution in [2.24, 2.45) is 0 Å². The van der Waals surface area contributed by atoms with Crippen molar-refractivity contribution in [2.45, 2.75) is 32.9 Å². The number of hydrogen-bond donors (Lipinski definition) is 4. The summed E-state index contributed by atoms with van der Waals surface area (Å²) in [5.41, 5.74) is 6.81. The van der Waals surface area contributed by atoms with Crippen molar-refractivity contribution in [1.82, 2.24) is 14.8 Å². The highest BCUT2D eigenvalue weighted by Crippen LogP contribution is 2.31. The van der Waals surface area contributed by atoms with Gasteiger partial charge >= 0.3 is 6.18 Å². The Labute approximate surface area is 216 Å². The SMILES string of the molecule is C/C=C(\C(=N)C(F)(F)F)C(=O)Nc1cccc(-n2nc(Nc3ccc(N)c(C(C)C)c3)c3ccccc32)n1. The van der Waals surface area contributed by atoms with Gasteiger partial charge in [-0.05, 0) is 60.9 Å². The Bertz CT molecular complexity index is 1550. The van der Waals surface area contributed by atoms with Gasteiger partial charge in [-0.2, -0.15) is 13.2 Å². The zero-order chi connectivity index (χ0) is 27.6. The lowest BCUT2D eigenvalue weighted by Crippen LogP contribution is -2.30. The summed E-state index contributed by atoms with van der Waals surface area (Å²) in [6.07, 6.45) is -4.01. The van der Waals surface area contributed by atoms with Crippen LogP contribution in [-0.2, 0) is 4.79 Å². The lowest BCUT2D eigenvalue weighted by Gasteiger charge is -2.12. The molecule has 38 heavy (non-hydrogen) atoms. The van der Waals surface area contributed by atoms with E-state index in [1.807, 2.05) is 42.5 Å². The van der Waals surface area contributed by atoms with E-state index >= 15 is 0 Å². The number of nitrogens with zero attached hydrogens (tertiary/aromatic N) is 3. The third-order valence-corrected chi connectivity index (χ3v) is 5.84. The summed E-state index contributed by atoms with van der Waals surface area (Å²) in [5, 5.41) is 18.5. The Kier molecular flexibility index (Phi) is 7.20. The number of hydrogen-bond acceptors (Lipinski definition) is 6.